The molecule has 1 aromatic heterocycles. The van der Waals surface area contributed by atoms with Gasteiger partial charge in [-0.1, -0.05) is 38.1 Å². The van der Waals surface area contributed by atoms with Crippen molar-refractivity contribution < 1.29 is 4.74 Å². The van der Waals surface area contributed by atoms with Crippen molar-refractivity contribution in [2.24, 2.45) is 0 Å². The predicted octanol–water partition coefficient (Wildman–Crippen LogP) is 2.87. The largest absolute Gasteiger partial charge is 0.394 e. The lowest BCUT2D eigenvalue weighted by Crippen LogP contribution is -2.25. The van der Waals surface area contributed by atoms with Crippen molar-refractivity contribution in [1.82, 2.24) is 4.57 Å². The summed E-state index contributed by atoms with van der Waals surface area (Å²) < 4.78 is 6.75. The molecule has 2 rings (SSSR count). The molecule has 0 aliphatic rings. The van der Waals surface area contributed by atoms with Crippen molar-refractivity contribution in [3.63, 3.8) is 0 Å². The van der Waals surface area contributed by atoms with E-state index in [-0.39, 0.29) is 11.2 Å². The summed E-state index contributed by atoms with van der Waals surface area (Å²) in [5.74, 6) is 0.487. The van der Waals surface area contributed by atoms with Gasteiger partial charge in [-0.2, -0.15) is 0 Å². The van der Waals surface area contributed by atoms with Crippen LogP contribution in [0.3, 0.4) is 0 Å². The molecule has 4 heteroatoms. The highest BCUT2D eigenvalue weighted by atomic mass is 16.5. The predicted molar refractivity (Wildman–Crippen MR) is 86.5 cm³/mol. The molecule has 2 N–H and O–H groups in total. The minimum absolute atomic E-state index is 0.169. The normalized spacial score (nSPS) is 11.0. The summed E-state index contributed by atoms with van der Waals surface area (Å²) in [6, 6.07) is 11.8. The summed E-state index contributed by atoms with van der Waals surface area (Å²) in [6.07, 6.45) is 0. The van der Waals surface area contributed by atoms with Gasteiger partial charge in [-0.05, 0) is 29.2 Å². The molecule has 0 aliphatic heterocycles. The quantitative estimate of drug-likeness (QED) is 0.919. The first-order chi connectivity index (χ1) is 10.0. The Bertz CT molecular complexity index is 657. The molecule has 0 saturated carbocycles. The van der Waals surface area contributed by atoms with Crippen LogP contribution < -0.4 is 11.3 Å². The highest BCUT2D eigenvalue weighted by Gasteiger charge is 2.09. The van der Waals surface area contributed by atoms with E-state index in [1.54, 1.807) is 17.7 Å². The van der Waals surface area contributed by atoms with Gasteiger partial charge in [0.1, 0.15) is 0 Å². The maximum absolute atomic E-state index is 12.2. The molecule has 0 amide bonds. The Morgan fingerprint density at radius 1 is 1.14 bits per heavy atom. The fourth-order valence-corrected chi connectivity index (χ4v) is 2.29. The van der Waals surface area contributed by atoms with Crippen LogP contribution in [0.2, 0.25) is 0 Å². The Kier molecular flexibility index (Phi) is 4.81. The molecule has 112 valence electrons. The second kappa shape index (κ2) is 6.59. The monoisotopic (exact) mass is 286 g/mol. The summed E-state index contributed by atoms with van der Waals surface area (Å²) in [5.41, 5.74) is 8.97. The van der Waals surface area contributed by atoms with E-state index >= 15 is 0 Å². The van der Waals surface area contributed by atoms with E-state index < -0.39 is 0 Å². The van der Waals surface area contributed by atoms with Gasteiger partial charge in [-0.3, -0.25) is 4.79 Å². The van der Waals surface area contributed by atoms with Crippen LogP contribution in [0.4, 0.5) is 5.69 Å². The molecule has 1 aromatic carbocycles. The number of nitrogens with two attached hydrogens (primary N) is 1. The molecule has 4 nitrogen and oxygen atoms in total. The third-order valence-corrected chi connectivity index (χ3v) is 3.60. The first-order valence-electron chi connectivity index (χ1n) is 7.13. The Hall–Kier alpha value is -2.07. The van der Waals surface area contributed by atoms with Crippen molar-refractivity contribution in [3.05, 3.63) is 52.3 Å². The fourth-order valence-electron chi connectivity index (χ4n) is 2.29. The Morgan fingerprint density at radius 3 is 2.38 bits per heavy atom. The van der Waals surface area contributed by atoms with Gasteiger partial charge in [0.25, 0.3) is 5.56 Å². The van der Waals surface area contributed by atoms with Gasteiger partial charge in [0, 0.05) is 13.7 Å². The molecular weight excluding hydrogens is 264 g/mol. The third-order valence-electron chi connectivity index (χ3n) is 3.60. The number of rotatable bonds is 5. The van der Waals surface area contributed by atoms with Crippen LogP contribution in [0.15, 0.2) is 41.2 Å². The number of hydrogen-bond donors (Lipinski definition) is 1. The second-order valence-electron chi connectivity index (χ2n) is 5.40. The number of anilines is 1. The molecule has 1 heterocycles. The molecule has 21 heavy (non-hydrogen) atoms. The van der Waals surface area contributed by atoms with Gasteiger partial charge in [0.2, 0.25) is 0 Å². The molecule has 0 radical (unpaired) electrons. The van der Waals surface area contributed by atoms with Crippen molar-refractivity contribution in [3.8, 4) is 11.3 Å². The number of pyridine rings is 1. The lowest BCUT2D eigenvalue weighted by Gasteiger charge is -2.14. The first-order valence-corrected chi connectivity index (χ1v) is 7.13. The van der Waals surface area contributed by atoms with E-state index in [9.17, 15) is 4.79 Å². The Balaban J connectivity index is 2.47. The lowest BCUT2D eigenvalue weighted by atomic mass is 10.0. The van der Waals surface area contributed by atoms with Gasteiger partial charge in [-0.25, -0.2) is 0 Å². The summed E-state index contributed by atoms with van der Waals surface area (Å²) in [6.45, 7) is 5.28. The van der Waals surface area contributed by atoms with Gasteiger partial charge < -0.3 is 15.0 Å². The van der Waals surface area contributed by atoms with Gasteiger partial charge in [0.05, 0.1) is 18.0 Å². The minimum Gasteiger partial charge on any atom is -0.394 e. The number of hydrogen-bond acceptors (Lipinski definition) is 3. The van der Waals surface area contributed by atoms with Crippen molar-refractivity contribution in [2.45, 2.75) is 26.3 Å². The molecule has 0 spiro atoms. The average Bonchev–Trinajstić information content (AvgIpc) is 2.49. The first kappa shape index (κ1) is 15.3. The maximum Gasteiger partial charge on any atom is 0.274 e. The minimum atomic E-state index is -0.169. The zero-order valence-electron chi connectivity index (χ0n) is 12.8. The standard InChI is InChI=1S/C17H22N2O2/c1-12(2)13-4-6-14(7-5-13)16-9-8-15(18)17(20)19(16)10-11-21-3/h4-9,12H,10-11,18H2,1-3H3. The molecule has 2 aromatic rings. The molecular formula is C17H22N2O2. The molecule has 0 bridgehead atoms. The summed E-state index contributed by atoms with van der Waals surface area (Å²) in [7, 11) is 1.62. The Morgan fingerprint density at radius 2 is 1.81 bits per heavy atom. The number of methoxy groups -OCH3 is 1. The van der Waals surface area contributed by atoms with E-state index in [1.807, 2.05) is 18.2 Å². The van der Waals surface area contributed by atoms with Gasteiger partial charge in [0.15, 0.2) is 0 Å². The topological polar surface area (TPSA) is 57.2 Å². The second-order valence-corrected chi connectivity index (χ2v) is 5.40. The van der Waals surface area contributed by atoms with Crippen LogP contribution in [-0.4, -0.2) is 18.3 Å². The lowest BCUT2D eigenvalue weighted by molar-refractivity contribution is 0.186. The molecule has 0 fully saturated rings. The SMILES string of the molecule is COCCn1c(-c2ccc(C(C)C)cc2)ccc(N)c1=O. The number of nitrogen functional groups attached to an aromatic ring is 1. The van der Waals surface area contributed by atoms with Crippen LogP contribution in [0.5, 0.6) is 0 Å². The van der Waals surface area contributed by atoms with Crippen LogP contribution in [-0.2, 0) is 11.3 Å². The zero-order valence-corrected chi connectivity index (χ0v) is 12.8. The third kappa shape index (κ3) is 3.34. The molecule has 0 unspecified atom stereocenters. The fraction of sp³-hybridized carbons (Fsp3) is 0.353. The van der Waals surface area contributed by atoms with Crippen LogP contribution in [0.1, 0.15) is 25.3 Å². The van der Waals surface area contributed by atoms with E-state index in [0.29, 0.717) is 19.1 Å². The Labute approximate surface area is 125 Å². The summed E-state index contributed by atoms with van der Waals surface area (Å²) in [4.78, 5) is 12.2. The maximum atomic E-state index is 12.2. The highest BCUT2D eigenvalue weighted by Crippen LogP contribution is 2.22. The van der Waals surface area contributed by atoms with Crippen LogP contribution in [0, 0.1) is 0 Å². The number of benzene rings is 1. The zero-order chi connectivity index (χ0) is 15.4. The van der Waals surface area contributed by atoms with Crippen molar-refractivity contribution in [2.75, 3.05) is 19.5 Å². The number of ether oxygens (including phenoxy) is 1. The molecule has 0 saturated heterocycles. The van der Waals surface area contributed by atoms with Gasteiger partial charge in [-0.15, -0.1) is 0 Å². The van der Waals surface area contributed by atoms with E-state index in [4.69, 9.17) is 10.5 Å². The number of nitrogens with zero attached hydrogens (tertiary/aromatic N) is 1. The smallest absolute Gasteiger partial charge is 0.274 e. The van der Waals surface area contributed by atoms with E-state index in [1.165, 1.54) is 5.56 Å². The summed E-state index contributed by atoms with van der Waals surface area (Å²) >= 11 is 0. The van der Waals surface area contributed by atoms with Crippen molar-refractivity contribution >= 4 is 5.69 Å². The molecule has 0 aliphatic carbocycles. The number of aromatic nitrogens is 1. The molecule has 0 atom stereocenters. The van der Waals surface area contributed by atoms with E-state index in [0.717, 1.165) is 11.3 Å². The van der Waals surface area contributed by atoms with E-state index in [2.05, 4.69) is 26.0 Å². The summed E-state index contributed by atoms with van der Waals surface area (Å²) in [5, 5.41) is 0. The average molecular weight is 286 g/mol. The van der Waals surface area contributed by atoms with Crippen molar-refractivity contribution in [1.29, 1.82) is 0 Å². The van der Waals surface area contributed by atoms with Gasteiger partial charge >= 0.3 is 0 Å². The van der Waals surface area contributed by atoms with Crippen LogP contribution >= 0.6 is 0 Å². The highest BCUT2D eigenvalue weighted by molar-refractivity contribution is 5.62. The van der Waals surface area contributed by atoms with Crippen LogP contribution in [0.25, 0.3) is 11.3 Å².